The molecule has 4 aromatic heterocycles. The zero-order valence-electron chi connectivity index (χ0n) is 49.9. The van der Waals surface area contributed by atoms with Crippen LogP contribution in [0, 0.1) is 12.8 Å². The number of carbonyl (C=O) groups excluding carboxylic acids is 2. The predicted molar refractivity (Wildman–Crippen MR) is 351 cm³/mol. The van der Waals surface area contributed by atoms with E-state index < -0.39 is 34.9 Å². The highest BCUT2D eigenvalue weighted by Gasteiger charge is 2.27. The molecule has 89 heavy (non-hydrogen) atoms. The van der Waals surface area contributed by atoms with Crippen LogP contribution in [0.15, 0.2) is 125 Å². The van der Waals surface area contributed by atoms with Crippen molar-refractivity contribution in [1.82, 2.24) is 19.9 Å². The number of nitrogens with one attached hydrogen (secondary N) is 4. The minimum Gasteiger partial charge on any atom is -0.495 e. The van der Waals surface area contributed by atoms with E-state index in [1.807, 2.05) is 13.0 Å². The number of nitrogens with zero attached hydrogens (tertiary/aromatic N) is 4. The molecule has 6 heterocycles. The summed E-state index contributed by atoms with van der Waals surface area (Å²) in [4.78, 5) is 39.2. The fourth-order valence-electron chi connectivity index (χ4n) is 8.37. The molecular formula is C59H70BrCl3N8O14S4. The molecule has 7 aromatic rings. The Morgan fingerprint density at radius 1 is 0.674 bits per heavy atom. The van der Waals surface area contributed by atoms with Crippen LogP contribution >= 0.6 is 62.1 Å². The van der Waals surface area contributed by atoms with E-state index in [4.69, 9.17) is 63.6 Å². The number of ketones is 2. The average Bonchev–Trinajstić information content (AvgIpc) is 2.61. The molecule has 2 aliphatic heterocycles. The zero-order valence-corrected chi connectivity index (χ0v) is 57.0. The normalized spacial score (nSPS) is 13.8. The lowest BCUT2D eigenvalue weighted by molar-refractivity contribution is -0.117. The summed E-state index contributed by atoms with van der Waals surface area (Å²) in [6.07, 6.45) is 13.1. The van der Waals surface area contributed by atoms with E-state index in [0.29, 0.717) is 17.0 Å². The first kappa shape index (κ1) is 73.5. The second kappa shape index (κ2) is 35.4. The molecule has 0 aliphatic carbocycles. The third-order valence-corrected chi connectivity index (χ3v) is 20.3. The van der Waals surface area contributed by atoms with Crippen molar-refractivity contribution in [3.8, 4) is 27.7 Å². The van der Waals surface area contributed by atoms with E-state index in [1.165, 1.54) is 139 Å². The number of hydrogen-bond donors (Lipinski definition) is 5. The quantitative estimate of drug-likeness (QED) is 0.0443. The van der Waals surface area contributed by atoms with Crippen LogP contribution in [0.3, 0.4) is 0 Å². The van der Waals surface area contributed by atoms with Crippen molar-refractivity contribution in [3.63, 3.8) is 0 Å². The van der Waals surface area contributed by atoms with E-state index in [2.05, 4.69) is 62.3 Å². The largest absolute Gasteiger partial charge is 0.495 e. The molecule has 3 aromatic carbocycles. The fourth-order valence-corrected chi connectivity index (χ4v) is 14.2. The molecule has 2 aliphatic rings. The number of aryl methyl sites for hydroxylation is 1. The van der Waals surface area contributed by atoms with Gasteiger partial charge in [-0.15, -0.1) is 0 Å². The number of benzene rings is 3. The maximum atomic E-state index is 13.2. The maximum Gasteiger partial charge on any atom is 0.265 e. The number of aliphatic hydroxyl groups is 1. The number of alkyl halides is 1. The van der Waals surface area contributed by atoms with E-state index in [-0.39, 0.29) is 94.7 Å². The predicted octanol–water partition coefficient (Wildman–Crippen LogP) is 12.2. The summed E-state index contributed by atoms with van der Waals surface area (Å²) >= 11 is 22.8. The molecule has 0 bridgehead atoms. The number of sulfonamides is 3. The first-order chi connectivity index (χ1) is 42.3. The van der Waals surface area contributed by atoms with Gasteiger partial charge in [-0.25, -0.2) is 30.2 Å². The average molecular weight is 1430 g/mol. The second-order valence-electron chi connectivity index (χ2n) is 19.4. The zero-order chi connectivity index (χ0) is 65.5. The third kappa shape index (κ3) is 22.0. The van der Waals surface area contributed by atoms with Crippen molar-refractivity contribution < 1.29 is 63.6 Å². The summed E-state index contributed by atoms with van der Waals surface area (Å²) in [5, 5.41) is 12.6. The summed E-state index contributed by atoms with van der Waals surface area (Å²) in [6, 6.07) is 18.9. The van der Waals surface area contributed by atoms with Crippen LogP contribution < -0.4 is 33.7 Å². The fraction of sp³-hybridized carbons (Fsp3) is 0.356. The highest BCUT2D eigenvalue weighted by atomic mass is 79.9. The number of aliphatic hydroxyl groups excluding tert-OH is 1. The number of hydrogen-bond acceptors (Lipinski definition) is 20. The van der Waals surface area contributed by atoms with Crippen LogP contribution in [0.4, 0.5) is 22.2 Å². The second-order valence-corrected chi connectivity index (χ2v) is 27.5. The van der Waals surface area contributed by atoms with Crippen LogP contribution in [-0.4, -0.2) is 122 Å². The van der Waals surface area contributed by atoms with Gasteiger partial charge in [0.15, 0.2) is 5.13 Å². The van der Waals surface area contributed by atoms with Crippen LogP contribution in [0.1, 0.15) is 75.0 Å². The van der Waals surface area contributed by atoms with E-state index in [0.717, 1.165) is 60.5 Å². The Morgan fingerprint density at radius 2 is 1.10 bits per heavy atom. The number of anilines is 4. The molecule has 0 saturated carbocycles. The van der Waals surface area contributed by atoms with Crippen molar-refractivity contribution in [2.24, 2.45) is 5.92 Å². The van der Waals surface area contributed by atoms with Crippen molar-refractivity contribution in [2.45, 2.75) is 92.3 Å². The van der Waals surface area contributed by atoms with Gasteiger partial charge >= 0.3 is 0 Å². The van der Waals surface area contributed by atoms with Crippen LogP contribution in [0.25, 0.3) is 10.4 Å². The molecule has 22 nitrogen and oxygen atoms in total. The number of aromatic nitrogens is 4. The molecule has 0 amide bonds. The van der Waals surface area contributed by atoms with E-state index >= 15 is 0 Å². The molecule has 30 heteroatoms. The molecule has 2 atom stereocenters. The van der Waals surface area contributed by atoms with Gasteiger partial charge in [-0.05, 0) is 144 Å². The first-order valence-corrected chi connectivity index (χ1v) is 34.6. The van der Waals surface area contributed by atoms with Gasteiger partial charge in [0.05, 0.1) is 87.4 Å². The summed E-state index contributed by atoms with van der Waals surface area (Å²) in [7, 11) is -7.76. The minimum atomic E-state index is -3.99. The van der Waals surface area contributed by atoms with Gasteiger partial charge in [-0.1, -0.05) is 74.2 Å². The molecule has 482 valence electrons. The van der Waals surface area contributed by atoms with Crippen molar-refractivity contribution in [1.29, 1.82) is 0 Å². The smallest absolute Gasteiger partial charge is 0.265 e. The molecule has 0 radical (unpaired) electrons. The van der Waals surface area contributed by atoms with Gasteiger partial charge in [0, 0.05) is 64.1 Å². The highest BCUT2D eigenvalue weighted by molar-refractivity contribution is 9.09. The van der Waals surface area contributed by atoms with E-state index in [1.54, 1.807) is 31.2 Å². The standard InChI is InChI=1S/C23H27ClN4O4S2.C15H14BrClN2O4S.C15H15ClN2O4S.C4H8O.C2H6O/c1-14(16-7-10-32-11-8-16)26-23-27-15(2)22(33-23)17-4-5-20(31-3)21(12-17)34(29,30)28-19-13-25-9-6-18(19)24;1-9(20)15(16)10-3-4-13(23-2)14(7-10)24(21,22)19-12-8-18-6-5-11(12)17;1-10(19)7-11-3-4-14(22-2)15(8-11)23(20,21)18-13-9-17-6-5-12(13)16;1-2-4-5-3-1;1-2-3/h4-6,9,12-14,16,28H,7-8,10-11H2,1-3H3,(H,26,27);3-8,15,19H,1-2H3;3-6,8-9,18H,7H2,1-2H3;1-4H2;3H,2H2,1H3. The van der Waals surface area contributed by atoms with Gasteiger partial charge < -0.3 is 34.1 Å². The molecule has 0 spiro atoms. The lowest BCUT2D eigenvalue weighted by atomic mass is 9.93. The highest BCUT2D eigenvalue weighted by Crippen LogP contribution is 2.39. The minimum absolute atomic E-state index is 0.00491. The van der Waals surface area contributed by atoms with Gasteiger partial charge in [-0.2, -0.15) is 0 Å². The SMILES string of the molecule is C1CCOC1.CCO.COc1ccc(-c2sc(NC(C)C3CCOCC3)nc2C)cc1S(=O)(=O)Nc1cnccc1Cl.COc1ccc(C(Br)C(C)=O)cc1S(=O)(=O)Nc1cnccc1Cl.COc1ccc(CC(C)=O)cc1S(=O)(=O)Nc1cnccc1Cl. The van der Waals surface area contributed by atoms with Gasteiger partial charge in [0.1, 0.15) is 43.5 Å². The van der Waals surface area contributed by atoms with Crippen LogP contribution in [0.2, 0.25) is 15.1 Å². The number of methoxy groups -OCH3 is 3. The number of pyridine rings is 3. The Morgan fingerprint density at radius 3 is 1.52 bits per heavy atom. The summed E-state index contributed by atoms with van der Waals surface area (Å²) in [5.41, 5.74) is 3.14. The van der Waals surface area contributed by atoms with Gasteiger partial charge in [0.25, 0.3) is 30.1 Å². The Kier molecular flexibility index (Phi) is 29.2. The lowest BCUT2D eigenvalue weighted by Gasteiger charge is -2.28. The van der Waals surface area contributed by atoms with E-state index in [9.17, 15) is 34.8 Å². The van der Waals surface area contributed by atoms with Gasteiger partial charge in [-0.3, -0.25) is 38.7 Å². The molecule has 2 unspecified atom stereocenters. The van der Waals surface area contributed by atoms with Crippen molar-refractivity contribution in [2.75, 3.05) is 73.8 Å². The molecule has 2 saturated heterocycles. The number of carbonyl (C=O) groups is 2. The molecule has 5 N–H and O–H groups in total. The topological polar surface area (TPSA) is 303 Å². The summed E-state index contributed by atoms with van der Waals surface area (Å²) in [5.74, 6) is 0.863. The Labute approximate surface area is 547 Å². The van der Waals surface area contributed by atoms with Gasteiger partial charge in [0.2, 0.25) is 0 Å². The summed E-state index contributed by atoms with van der Waals surface area (Å²) in [6.45, 7) is 12.4. The summed E-state index contributed by atoms with van der Waals surface area (Å²) < 4.78 is 110. The van der Waals surface area contributed by atoms with Crippen molar-refractivity contribution in [3.05, 3.63) is 142 Å². The Bertz CT molecular complexity index is 3840. The monoisotopic (exact) mass is 1430 g/mol. The van der Waals surface area contributed by atoms with Crippen LogP contribution in [0.5, 0.6) is 17.2 Å². The number of Topliss-reactive ketones (excluding diaryl/α,β-unsaturated/α-hetero) is 2. The maximum absolute atomic E-state index is 13.2. The van der Waals surface area contributed by atoms with Crippen LogP contribution in [-0.2, 0) is 55.6 Å². The number of halogens is 4. The Balaban J connectivity index is 0.000000233. The molecular weight excluding hydrogens is 1360 g/mol. The number of rotatable bonds is 20. The third-order valence-electron chi connectivity index (χ3n) is 12.8. The number of ether oxygens (including phenoxy) is 5. The van der Waals surface area contributed by atoms with Crippen molar-refractivity contribution >= 4 is 126 Å². The molecule has 2 fully saturated rings. The molecule has 9 rings (SSSR count). The Hall–Kier alpha value is -6.24. The number of thiazole rings is 1. The first-order valence-electron chi connectivity index (χ1n) is 27.3. The lowest BCUT2D eigenvalue weighted by Crippen LogP contribution is -2.30.